The smallest absolute Gasteiger partial charge is 0.281 e. The first-order valence-corrected chi connectivity index (χ1v) is 8.50. The van der Waals surface area contributed by atoms with Crippen molar-refractivity contribution < 1.29 is 28.0 Å². The van der Waals surface area contributed by atoms with E-state index in [0.29, 0.717) is 6.42 Å². The number of benzene rings is 1. The van der Waals surface area contributed by atoms with E-state index >= 15 is 0 Å². The van der Waals surface area contributed by atoms with Gasteiger partial charge in [0.25, 0.3) is 5.69 Å². The van der Waals surface area contributed by atoms with Gasteiger partial charge >= 0.3 is 0 Å². The normalized spacial score (nSPS) is 15.6. The predicted molar refractivity (Wildman–Crippen MR) is 79.0 cm³/mol. The topological polar surface area (TPSA) is 132 Å². The number of ketones is 2. The molecule has 1 aliphatic carbocycles. The summed E-state index contributed by atoms with van der Waals surface area (Å²) < 4.78 is 23.0. The number of rotatable bonds is 4. The minimum absolute atomic E-state index is 0.0698. The van der Waals surface area contributed by atoms with Crippen molar-refractivity contribution in [2.75, 3.05) is 6.26 Å². The van der Waals surface area contributed by atoms with Crippen LogP contribution in [0.15, 0.2) is 34.4 Å². The lowest BCUT2D eigenvalue weighted by Gasteiger charge is -2.14. The highest BCUT2D eigenvalue weighted by Crippen LogP contribution is 2.29. The van der Waals surface area contributed by atoms with Crippen LogP contribution in [0.2, 0.25) is 0 Å². The van der Waals surface area contributed by atoms with E-state index in [0.717, 1.165) is 24.5 Å². The Morgan fingerprint density at radius 3 is 2.48 bits per heavy atom. The van der Waals surface area contributed by atoms with Crippen LogP contribution in [-0.2, 0) is 14.6 Å². The number of nitrogens with zero attached hydrogens (tertiary/aromatic N) is 1. The fourth-order valence-corrected chi connectivity index (χ4v) is 2.95. The Labute approximate surface area is 131 Å². The average Bonchev–Trinajstić information content (AvgIpc) is 2.45. The van der Waals surface area contributed by atoms with Crippen molar-refractivity contribution in [3.8, 4) is 0 Å². The van der Waals surface area contributed by atoms with Gasteiger partial charge in [-0.05, 0) is 18.6 Å². The van der Waals surface area contributed by atoms with Gasteiger partial charge in [-0.2, -0.15) is 0 Å². The molecule has 23 heavy (non-hydrogen) atoms. The van der Waals surface area contributed by atoms with Crippen LogP contribution in [0.25, 0.3) is 0 Å². The third-order valence-corrected chi connectivity index (χ3v) is 4.56. The molecular weight excluding hydrogens is 326 g/mol. The molecule has 1 aliphatic rings. The summed E-state index contributed by atoms with van der Waals surface area (Å²) in [6, 6.07) is 2.81. The summed E-state index contributed by atoms with van der Waals surface area (Å²) in [6.07, 6.45) is 1.49. The molecule has 0 fully saturated rings. The van der Waals surface area contributed by atoms with Crippen LogP contribution in [0, 0.1) is 10.1 Å². The SMILES string of the molecule is CS(=O)(=O)c1ccc(C(=O)C2=C(O)CCCC2=O)c([N+](=O)[O-])c1. The lowest BCUT2D eigenvalue weighted by atomic mass is 9.90. The zero-order valence-electron chi connectivity index (χ0n) is 12.1. The Morgan fingerprint density at radius 2 is 1.96 bits per heavy atom. The number of nitro benzene ring substituents is 1. The van der Waals surface area contributed by atoms with Gasteiger partial charge in [-0.25, -0.2) is 8.42 Å². The monoisotopic (exact) mass is 339 g/mol. The second-order valence-corrected chi connectivity index (χ2v) is 7.15. The quantitative estimate of drug-likeness (QED) is 0.382. The highest BCUT2D eigenvalue weighted by Gasteiger charge is 2.32. The van der Waals surface area contributed by atoms with Crippen molar-refractivity contribution in [3.05, 3.63) is 45.2 Å². The molecule has 9 heteroatoms. The van der Waals surface area contributed by atoms with Gasteiger partial charge in [0.15, 0.2) is 15.6 Å². The van der Waals surface area contributed by atoms with Crippen LogP contribution in [0.3, 0.4) is 0 Å². The number of aliphatic hydroxyl groups excluding tert-OH is 1. The standard InChI is InChI=1S/C14H13NO7S/c1-23(21,22)8-5-6-9(10(7-8)15(19)20)14(18)13-11(16)3-2-4-12(13)17/h5-7,16H,2-4H2,1H3. The molecule has 1 aromatic rings. The van der Waals surface area contributed by atoms with Gasteiger partial charge in [-0.15, -0.1) is 0 Å². The maximum absolute atomic E-state index is 12.4. The van der Waals surface area contributed by atoms with E-state index in [-0.39, 0.29) is 17.7 Å². The molecule has 0 saturated heterocycles. The minimum Gasteiger partial charge on any atom is -0.511 e. The number of Topliss-reactive ketones (excluding diaryl/α,β-unsaturated/α-hetero) is 2. The summed E-state index contributed by atoms with van der Waals surface area (Å²) in [5.41, 5.74) is -1.62. The van der Waals surface area contributed by atoms with Gasteiger partial charge < -0.3 is 5.11 Å². The molecular formula is C14H13NO7S. The molecule has 0 amide bonds. The molecule has 1 N–H and O–H groups in total. The van der Waals surface area contributed by atoms with E-state index in [1.807, 2.05) is 0 Å². The fourth-order valence-electron chi connectivity index (χ4n) is 2.30. The Hall–Kier alpha value is -2.55. The van der Waals surface area contributed by atoms with E-state index in [1.165, 1.54) is 0 Å². The molecule has 0 heterocycles. The molecule has 122 valence electrons. The van der Waals surface area contributed by atoms with E-state index in [4.69, 9.17) is 0 Å². The van der Waals surface area contributed by atoms with Crippen LogP contribution in [0.4, 0.5) is 5.69 Å². The molecule has 0 bridgehead atoms. The fraction of sp³-hybridized carbons (Fsp3) is 0.286. The summed E-state index contributed by atoms with van der Waals surface area (Å²) in [5.74, 6) is -1.95. The van der Waals surface area contributed by atoms with Crippen molar-refractivity contribution >= 4 is 27.1 Å². The Morgan fingerprint density at radius 1 is 1.30 bits per heavy atom. The summed E-state index contributed by atoms with van der Waals surface area (Å²) >= 11 is 0. The first-order chi connectivity index (χ1) is 10.6. The zero-order chi connectivity index (χ0) is 17.4. The summed E-state index contributed by atoms with van der Waals surface area (Å²) in [6.45, 7) is 0. The van der Waals surface area contributed by atoms with Gasteiger partial charge in [0.05, 0.1) is 9.82 Å². The van der Waals surface area contributed by atoms with Crippen LogP contribution in [-0.4, -0.2) is 36.3 Å². The second kappa shape index (κ2) is 5.92. The first kappa shape index (κ1) is 16.8. The largest absolute Gasteiger partial charge is 0.511 e. The Bertz CT molecular complexity index is 852. The molecule has 0 spiro atoms. The van der Waals surface area contributed by atoms with Gasteiger partial charge in [0.1, 0.15) is 16.9 Å². The van der Waals surface area contributed by atoms with Crippen LogP contribution < -0.4 is 0 Å². The Kier molecular flexibility index (Phi) is 4.33. The molecule has 2 rings (SSSR count). The molecule has 0 aliphatic heterocycles. The lowest BCUT2D eigenvalue weighted by Crippen LogP contribution is -2.20. The maximum atomic E-state index is 12.4. The number of hydrogen-bond donors (Lipinski definition) is 1. The summed E-state index contributed by atoms with van der Waals surface area (Å²) in [4.78, 5) is 34.2. The van der Waals surface area contributed by atoms with Crippen molar-refractivity contribution in [2.24, 2.45) is 0 Å². The molecule has 0 saturated carbocycles. The van der Waals surface area contributed by atoms with Gasteiger partial charge in [0, 0.05) is 25.2 Å². The van der Waals surface area contributed by atoms with Gasteiger partial charge in [-0.1, -0.05) is 0 Å². The molecule has 0 radical (unpaired) electrons. The number of allylic oxidation sites excluding steroid dienone is 2. The van der Waals surface area contributed by atoms with Crippen LogP contribution >= 0.6 is 0 Å². The predicted octanol–water partition coefficient (Wildman–Crippen LogP) is 1.75. The van der Waals surface area contributed by atoms with Crippen molar-refractivity contribution in [2.45, 2.75) is 24.2 Å². The van der Waals surface area contributed by atoms with E-state index in [1.54, 1.807) is 0 Å². The summed E-state index contributed by atoms with van der Waals surface area (Å²) in [7, 11) is -3.69. The number of nitro groups is 1. The molecule has 1 aromatic carbocycles. The van der Waals surface area contributed by atoms with Crippen molar-refractivity contribution in [1.82, 2.24) is 0 Å². The minimum atomic E-state index is -3.69. The number of hydrogen-bond acceptors (Lipinski definition) is 7. The van der Waals surface area contributed by atoms with Crippen LogP contribution in [0.1, 0.15) is 29.6 Å². The van der Waals surface area contributed by atoms with Crippen molar-refractivity contribution in [3.63, 3.8) is 0 Å². The number of sulfone groups is 1. The van der Waals surface area contributed by atoms with Crippen molar-refractivity contribution in [1.29, 1.82) is 0 Å². The lowest BCUT2D eigenvalue weighted by molar-refractivity contribution is -0.385. The average molecular weight is 339 g/mol. The molecule has 0 aromatic heterocycles. The highest BCUT2D eigenvalue weighted by molar-refractivity contribution is 7.90. The molecule has 0 atom stereocenters. The van der Waals surface area contributed by atoms with Gasteiger partial charge in [0.2, 0.25) is 5.78 Å². The molecule has 8 nitrogen and oxygen atoms in total. The third kappa shape index (κ3) is 3.29. The summed E-state index contributed by atoms with van der Waals surface area (Å²) in [5, 5.41) is 20.9. The third-order valence-electron chi connectivity index (χ3n) is 3.45. The Balaban J connectivity index is 2.62. The number of carbonyl (C=O) groups is 2. The van der Waals surface area contributed by atoms with E-state index in [2.05, 4.69) is 0 Å². The maximum Gasteiger partial charge on any atom is 0.281 e. The van der Waals surface area contributed by atoms with Gasteiger partial charge in [-0.3, -0.25) is 19.7 Å². The second-order valence-electron chi connectivity index (χ2n) is 5.14. The first-order valence-electron chi connectivity index (χ1n) is 6.61. The number of aliphatic hydroxyl groups is 1. The van der Waals surface area contributed by atoms with E-state index < -0.39 is 48.9 Å². The zero-order valence-corrected chi connectivity index (χ0v) is 12.9. The van der Waals surface area contributed by atoms with E-state index in [9.17, 15) is 33.2 Å². The number of carbonyl (C=O) groups excluding carboxylic acids is 2. The highest BCUT2D eigenvalue weighted by atomic mass is 32.2. The molecule has 0 unspecified atom stereocenters. The van der Waals surface area contributed by atoms with Crippen LogP contribution in [0.5, 0.6) is 0 Å².